The summed E-state index contributed by atoms with van der Waals surface area (Å²) in [5.74, 6) is 1.26. The second kappa shape index (κ2) is 9.23. The summed E-state index contributed by atoms with van der Waals surface area (Å²) in [5, 5.41) is 4.88. The summed E-state index contributed by atoms with van der Waals surface area (Å²) >= 11 is 12.6. The fourth-order valence-electron chi connectivity index (χ4n) is 4.19. The molecule has 5 aromatic heterocycles. The van der Waals surface area contributed by atoms with Crippen molar-refractivity contribution in [2.45, 2.75) is 13.3 Å². The monoisotopic (exact) mass is 553 g/mol. The van der Waals surface area contributed by atoms with Crippen molar-refractivity contribution in [3.05, 3.63) is 70.3 Å². The van der Waals surface area contributed by atoms with Crippen molar-refractivity contribution >= 4 is 40.0 Å². The van der Waals surface area contributed by atoms with Crippen LogP contribution in [0.1, 0.15) is 17.3 Å². The van der Waals surface area contributed by atoms with Gasteiger partial charge in [0.2, 0.25) is 11.8 Å². The minimum absolute atomic E-state index is 0.0864. The van der Waals surface area contributed by atoms with Crippen LogP contribution in [0.5, 0.6) is 11.5 Å². The van der Waals surface area contributed by atoms with Gasteiger partial charge >= 0.3 is 0 Å². The number of benzene rings is 1. The number of nitrogens with zero attached hydrogens (tertiary/aromatic N) is 8. The van der Waals surface area contributed by atoms with Gasteiger partial charge in [-0.3, -0.25) is 4.40 Å². The Hall–Kier alpha value is -4.29. The van der Waals surface area contributed by atoms with Crippen LogP contribution in [-0.2, 0) is 6.42 Å². The van der Waals surface area contributed by atoms with E-state index in [4.69, 9.17) is 37.7 Å². The SMILES string of the molecule is COc1cc(Cl)c(-c2c(F)nc(-n3cnc(C)n3)c3nc(Cc4nc5nc(Cl)ccc5[nH]4)cn23)cc1OC. The zero-order valence-electron chi connectivity index (χ0n) is 20.2. The zero-order valence-corrected chi connectivity index (χ0v) is 21.7. The van der Waals surface area contributed by atoms with Gasteiger partial charge in [0.25, 0.3) is 0 Å². The number of imidazole rings is 2. The molecule has 6 rings (SSSR count). The van der Waals surface area contributed by atoms with E-state index in [1.165, 1.54) is 25.2 Å². The van der Waals surface area contributed by atoms with E-state index in [1.807, 2.05) is 0 Å². The molecule has 0 aliphatic heterocycles. The molecule has 0 spiro atoms. The number of halogens is 3. The summed E-state index contributed by atoms with van der Waals surface area (Å²) in [5.41, 5.74) is 2.57. The van der Waals surface area contributed by atoms with E-state index in [0.717, 1.165) is 5.52 Å². The van der Waals surface area contributed by atoms with Crippen LogP contribution in [0.15, 0.2) is 36.8 Å². The lowest BCUT2D eigenvalue weighted by molar-refractivity contribution is 0.355. The third kappa shape index (κ3) is 4.07. The topological polar surface area (TPSA) is 121 Å². The Morgan fingerprint density at radius 3 is 2.55 bits per heavy atom. The van der Waals surface area contributed by atoms with Crippen LogP contribution >= 0.6 is 23.2 Å². The van der Waals surface area contributed by atoms with Gasteiger partial charge in [0, 0.05) is 24.2 Å². The maximum absolute atomic E-state index is 15.8. The Balaban J connectivity index is 1.55. The second-order valence-electron chi connectivity index (χ2n) is 8.29. The first-order valence-electron chi connectivity index (χ1n) is 11.2. The van der Waals surface area contributed by atoms with E-state index < -0.39 is 5.95 Å². The minimum Gasteiger partial charge on any atom is -0.493 e. The van der Waals surface area contributed by atoms with Crippen molar-refractivity contribution in [2.24, 2.45) is 0 Å². The number of fused-ring (bicyclic) bond motifs is 2. The van der Waals surface area contributed by atoms with Gasteiger partial charge in [-0.15, -0.1) is 0 Å². The number of H-pyrrole nitrogens is 1. The molecule has 14 heteroatoms. The quantitative estimate of drug-likeness (QED) is 0.297. The van der Waals surface area contributed by atoms with Crippen LogP contribution in [0.4, 0.5) is 4.39 Å². The molecule has 0 unspecified atom stereocenters. The van der Waals surface area contributed by atoms with E-state index in [9.17, 15) is 0 Å². The van der Waals surface area contributed by atoms with Gasteiger partial charge in [-0.05, 0) is 25.1 Å². The Labute approximate surface area is 224 Å². The van der Waals surface area contributed by atoms with Crippen LogP contribution in [0, 0.1) is 12.9 Å². The molecule has 0 aliphatic carbocycles. The number of pyridine rings is 1. The molecule has 6 aromatic rings. The number of hydrogen-bond donors (Lipinski definition) is 1. The molecule has 0 bridgehead atoms. The average molecular weight is 554 g/mol. The van der Waals surface area contributed by atoms with Crippen molar-refractivity contribution in [3.8, 4) is 28.6 Å². The highest BCUT2D eigenvalue weighted by molar-refractivity contribution is 6.33. The zero-order chi connectivity index (χ0) is 26.6. The van der Waals surface area contributed by atoms with Gasteiger partial charge < -0.3 is 14.5 Å². The standard InChI is InChI=1S/C24H18Cl2FN9O2/c1-11-28-10-36(34-11)24-23-29-12(6-19-30-15-4-5-18(26)31-22(15)32-19)9-35(23)20(21(27)33-24)13-7-16(37-2)17(38-3)8-14(13)25/h4-5,7-10H,6H2,1-3H3,(H,30,31,32). The first-order chi connectivity index (χ1) is 18.3. The molecule has 0 fully saturated rings. The largest absolute Gasteiger partial charge is 0.493 e. The number of aromatic amines is 1. The van der Waals surface area contributed by atoms with E-state index in [-0.39, 0.29) is 16.5 Å². The molecule has 0 aliphatic rings. The molecule has 0 radical (unpaired) electrons. The number of hydrogen-bond acceptors (Lipinski definition) is 8. The number of ether oxygens (including phenoxy) is 2. The molecule has 11 nitrogen and oxygen atoms in total. The molecule has 1 N–H and O–H groups in total. The molecular formula is C24H18Cl2FN9O2. The Morgan fingerprint density at radius 1 is 1.03 bits per heavy atom. The Morgan fingerprint density at radius 2 is 1.82 bits per heavy atom. The van der Waals surface area contributed by atoms with Gasteiger partial charge in [-0.2, -0.15) is 19.2 Å². The van der Waals surface area contributed by atoms with Gasteiger partial charge in [0.1, 0.15) is 28.8 Å². The van der Waals surface area contributed by atoms with Crippen molar-refractivity contribution in [1.82, 2.24) is 44.1 Å². The highest BCUT2D eigenvalue weighted by Crippen LogP contribution is 2.39. The van der Waals surface area contributed by atoms with Gasteiger partial charge in [0.05, 0.1) is 30.5 Å². The normalized spacial score (nSPS) is 11.5. The summed E-state index contributed by atoms with van der Waals surface area (Å²) in [6.45, 7) is 1.72. The molecule has 1 aromatic carbocycles. The predicted octanol–water partition coefficient (Wildman–Crippen LogP) is 4.61. The van der Waals surface area contributed by atoms with E-state index in [2.05, 4.69) is 30.0 Å². The highest BCUT2D eigenvalue weighted by atomic mass is 35.5. The third-order valence-corrected chi connectivity index (χ3v) is 6.38. The maximum Gasteiger partial charge on any atom is 0.240 e. The number of methoxy groups -OCH3 is 2. The molecule has 0 saturated carbocycles. The smallest absolute Gasteiger partial charge is 0.240 e. The van der Waals surface area contributed by atoms with E-state index in [0.29, 0.717) is 57.3 Å². The highest BCUT2D eigenvalue weighted by Gasteiger charge is 2.24. The third-order valence-electron chi connectivity index (χ3n) is 5.86. The Kier molecular flexibility index (Phi) is 5.84. The van der Waals surface area contributed by atoms with Crippen LogP contribution in [0.2, 0.25) is 10.2 Å². The summed E-state index contributed by atoms with van der Waals surface area (Å²) in [4.78, 5) is 25.0. The summed E-state index contributed by atoms with van der Waals surface area (Å²) < 4.78 is 29.5. The maximum atomic E-state index is 15.8. The lowest BCUT2D eigenvalue weighted by Crippen LogP contribution is -2.08. The molecule has 192 valence electrons. The number of aryl methyl sites for hydroxylation is 1. The number of rotatable bonds is 6. The second-order valence-corrected chi connectivity index (χ2v) is 9.08. The fraction of sp³-hybridized carbons (Fsp3) is 0.167. The first kappa shape index (κ1) is 24.1. The summed E-state index contributed by atoms with van der Waals surface area (Å²) in [7, 11) is 2.98. The van der Waals surface area contributed by atoms with E-state index >= 15 is 4.39 Å². The number of nitrogens with one attached hydrogen (secondary N) is 1. The Bertz CT molecular complexity index is 1850. The van der Waals surface area contributed by atoms with Gasteiger partial charge in [-0.1, -0.05) is 23.2 Å². The predicted molar refractivity (Wildman–Crippen MR) is 138 cm³/mol. The van der Waals surface area contributed by atoms with Crippen LogP contribution in [-0.4, -0.2) is 58.3 Å². The summed E-state index contributed by atoms with van der Waals surface area (Å²) in [6, 6.07) is 6.62. The van der Waals surface area contributed by atoms with Crippen LogP contribution in [0.25, 0.3) is 33.9 Å². The average Bonchev–Trinajstić information content (AvgIpc) is 3.61. The number of aromatic nitrogens is 9. The van der Waals surface area contributed by atoms with Crippen molar-refractivity contribution in [2.75, 3.05) is 14.2 Å². The minimum atomic E-state index is -0.790. The van der Waals surface area contributed by atoms with Crippen LogP contribution < -0.4 is 9.47 Å². The van der Waals surface area contributed by atoms with Gasteiger partial charge in [-0.25, -0.2) is 19.9 Å². The lowest BCUT2D eigenvalue weighted by Gasteiger charge is -2.14. The molecule has 0 atom stereocenters. The van der Waals surface area contributed by atoms with Crippen molar-refractivity contribution in [3.63, 3.8) is 0 Å². The molecule has 38 heavy (non-hydrogen) atoms. The first-order valence-corrected chi connectivity index (χ1v) is 12.0. The van der Waals surface area contributed by atoms with Gasteiger partial charge in [0.15, 0.2) is 22.8 Å². The van der Waals surface area contributed by atoms with Crippen molar-refractivity contribution < 1.29 is 13.9 Å². The van der Waals surface area contributed by atoms with E-state index in [1.54, 1.807) is 41.8 Å². The summed E-state index contributed by atoms with van der Waals surface area (Å²) in [6.07, 6.45) is 3.44. The van der Waals surface area contributed by atoms with Crippen molar-refractivity contribution in [1.29, 1.82) is 0 Å². The molecule has 0 saturated heterocycles. The molecule has 5 heterocycles. The fourth-order valence-corrected chi connectivity index (χ4v) is 4.58. The lowest BCUT2D eigenvalue weighted by atomic mass is 10.1. The molecular weight excluding hydrogens is 536 g/mol. The van der Waals surface area contributed by atoms with Crippen LogP contribution in [0.3, 0.4) is 0 Å². The molecule has 0 amide bonds.